The second-order valence-electron chi connectivity index (χ2n) is 25.7. The van der Waals surface area contributed by atoms with Crippen LogP contribution >= 0.6 is 15.6 Å². The van der Waals surface area contributed by atoms with Gasteiger partial charge in [0.15, 0.2) is 6.10 Å². The van der Waals surface area contributed by atoms with E-state index in [-0.39, 0.29) is 19.3 Å². The van der Waals surface area contributed by atoms with Crippen molar-refractivity contribution in [3.8, 4) is 0 Å². The van der Waals surface area contributed by atoms with Crippen molar-refractivity contribution in [2.75, 3.05) is 39.6 Å². The highest BCUT2D eigenvalue weighted by Gasteiger charge is 2.29. The zero-order chi connectivity index (χ0) is 76.6. The summed E-state index contributed by atoms with van der Waals surface area (Å²) in [6.45, 7) is 2.25. The number of phosphoric ester groups is 2. The molecule has 0 aromatic heterocycles. The van der Waals surface area contributed by atoms with Crippen molar-refractivity contribution in [2.45, 2.75) is 296 Å². The van der Waals surface area contributed by atoms with E-state index in [1.807, 2.05) is 0 Å². The monoisotopic (exact) mass is 1500 g/mol. The fraction of sp³-hybridized carbons (Fsp3) is 0.598. The van der Waals surface area contributed by atoms with E-state index in [4.69, 9.17) is 32.3 Å². The number of allylic oxidation sites excluding steroid dienone is 32. The minimum atomic E-state index is -4.96. The van der Waals surface area contributed by atoms with E-state index >= 15 is 0 Å². The van der Waals surface area contributed by atoms with E-state index in [1.165, 1.54) is 25.7 Å². The standard InChI is InChI=1S/C87H140O16P2/c1-4-7-10-13-16-19-22-25-28-31-34-36-38-40-42-44-47-49-52-55-58-61-64-67-70-73-85(90)97-76-82(88)77-99-104(93,94)100-78-83(89)79-101-105(95,96)102-81-84(103-87(92)75-72-69-66-63-60-57-54-51-46-33-30-27-24-21-18-15-12-9-6-3)80-98-86(91)74-71-68-65-62-59-56-53-50-48-45-43-41-39-37-35-32-29-26-23-20-17-14-11-8-5-2/h7-12,16-21,25-30,34-37,40-43,46-47,49,51,57,60,82-84,88-89H,4-6,13-15,22-24,31-33,38-39,44-45,48,50,52-56,58-59,61-81H2,1-3H3,(H,93,94)(H,95,96)/b10-7-,11-8-,12-9-,19-16-,20-17-,21-18-,28-25-,29-26-,30-27-,36-34-,37-35-,42-40-,43-41-,49-47-,51-46-,60-57-. The lowest BCUT2D eigenvalue weighted by atomic mass is 10.1. The minimum absolute atomic E-state index is 0.0559. The number of aliphatic hydroxyl groups is 2. The number of phosphoric acid groups is 2. The van der Waals surface area contributed by atoms with Gasteiger partial charge in [0.1, 0.15) is 25.4 Å². The summed E-state index contributed by atoms with van der Waals surface area (Å²) in [5, 5.41) is 20.6. The maximum atomic E-state index is 13.0. The van der Waals surface area contributed by atoms with Gasteiger partial charge in [-0.3, -0.25) is 32.5 Å². The van der Waals surface area contributed by atoms with Crippen molar-refractivity contribution >= 4 is 33.6 Å². The molecule has 5 unspecified atom stereocenters. The quantitative estimate of drug-likeness (QED) is 0.0146. The molecule has 0 bridgehead atoms. The maximum absolute atomic E-state index is 13.0. The Morgan fingerprint density at radius 1 is 0.267 bits per heavy atom. The largest absolute Gasteiger partial charge is 0.472 e. The highest BCUT2D eigenvalue weighted by molar-refractivity contribution is 7.47. The number of unbranched alkanes of at least 4 members (excludes halogenated alkanes) is 18. The van der Waals surface area contributed by atoms with Crippen LogP contribution in [0.5, 0.6) is 0 Å². The van der Waals surface area contributed by atoms with Gasteiger partial charge in [0.25, 0.3) is 0 Å². The number of rotatable bonds is 73. The molecule has 5 atom stereocenters. The second kappa shape index (κ2) is 78.0. The summed E-state index contributed by atoms with van der Waals surface area (Å²) in [5.74, 6) is -1.65. The average molecular weight is 1500 g/mol. The number of aliphatic hydroxyl groups excluding tert-OH is 2. The van der Waals surface area contributed by atoms with Crippen LogP contribution in [0.4, 0.5) is 0 Å². The van der Waals surface area contributed by atoms with Crippen LogP contribution in [0.2, 0.25) is 0 Å². The predicted octanol–water partition coefficient (Wildman–Crippen LogP) is 23.5. The van der Waals surface area contributed by atoms with Crippen LogP contribution in [-0.4, -0.2) is 95.9 Å². The van der Waals surface area contributed by atoms with Gasteiger partial charge in [0, 0.05) is 19.3 Å². The first kappa shape index (κ1) is 99.4. The Morgan fingerprint density at radius 3 is 0.762 bits per heavy atom. The van der Waals surface area contributed by atoms with Crippen LogP contribution in [-0.2, 0) is 55.8 Å². The number of hydrogen-bond acceptors (Lipinski definition) is 14. The summed E-state index contributed by atoms with van der Waals surface area (Å²) in [4.78, 5) is 58.7. The number of carbonyl (C=O) groups is 3. The Morgan fingerprint density at radius 2 is 0.476 bits per heavy atom. The molecule has 0 fully saturated rings. The Labute approximate surface area is 636 Å². The molecule has 0 saturated carbocycles. The molecule has 0 aromatic rings. The van der Waals surface area contributed by atoms with Gasteiger partial charge in [-0.05, 0) is 161 Å². The lowest BCUT2D eigenvalue weighted by Crippen LogP contribution is -2.30. The Hall–Kier alpha value is -5.61. The molecule has 0 aromatic carbocycles. The fourth-order valence-electron chi connectivity index (χ4n) is 9.86. The van der Waals surface area contributed by atoms with Crippen LogP contribution < -0.4 is 0 Å². The van der Waals surface area contributed by atoms with Crippen molar-refractivity contribution in [3.63, 3.8) is 0 Å². The van der Waals surface area contributed by atoms with Crippen molar-refractivity contribution in [1.29, 1.82) is 0 Å². The summed E-state index contributed by atoms with van der Waals surface area (Å²) in [7, 11) is -9.83. The van der Waals surface area contributed by atoms with E-state index in [0.29, 0.717) is 19.3 Å². The predicted molar refractivity (Wildman–Crippen MR) is 435 cm³/mol. The van der Waals surface area contributed by atoms with Gasteiger partial charge in [0.2, 0.25) is 0 Å². The number of carbonyl (C=O) groups excluding carboxylic acids is 3. The average Bonchev–Trinajstić information content (AvgIpc) is 0.923. The number of hydrogen-bond donors (Lipinski definition) is 4. The number of esters is 3. The molecule has 0 radical (unpaired) electrons. The van der Waals surface area contributed by atoms with E-state index in [2.05, 4.69) is 215 Å². The van der Waals surface area contributed by atoms with Gasteiger partial charge in [-0.25, -0.2) is 9.13 Å². The fourth-order valence-corrected chi connectivity index (χ4v) is 11.4. The third-order valence-corrected chi connectivity index (χ3v) is 17.7. The van der Waals surface area contributed by atoms with E-state index in [9.17, 15) is 43.5 Å². The van der Waals surface area contributed by atoms with Crippen molar-refractivity contribution in [2.24, 2.45) is 0 Å². The van der Waals surface area contributed by atoms with Gasteiger partial charge in [-0.1, -0.05) is 292 Å². The smallest absolute Gasteiger partial charge is 0.463 e. The van der Waals surface area contributed by atoms with Crippen LogP contribution in [0, 0.1) is 0 Å². The second-order valence-corrected chi connectivity index (χ2v) is 28.6. The molecule has 0 aliphatic carbocycles. The van der Waals surface area contributed by atoms with Crippen molar-refractivity contribution in [1.82, 2.24) is 0 Å². The zero-order valence-corrected chi connectivity index (χ0v) is 66.6. The summed E-state index contributed by atoms with van der Waals surface area (Å²) in [6, 6.07) is 0. The first-order chi connectivity index (χ1) is 51.2. The van der Waals surface area contributed by atoms with Gasteiger partial charge < -0.3 is 34.2 Å². The topological polar surface area (TPSA) is 231 Å². The van der Waals surface area contributed by atoms with Gasteiger partial charge in [-0.15, -0.1) is 0 Å². The minimum Gasteiger partial charge on any atom is -0.463 e. The van der Waals surface area contributed by atoms with Crippen LogP contribution in [0.25, 0.3) is 0 Å². The highest BCUT2D eigenvalue weighted by Crippen LogP contribution is 2.45. The molecule has 0 spiro atoms. The summed E-state index contributed by atoms with van der Waals surface area (Å²) in [5.41, 5.74) is 0. The van der Waals surface area contributed by atoms with Crippen molar-refractivity contribution < 1.29 is 75.8 Å². The van der Waals surface area contributed by atoms with Gasteiger partial charge in [-0.2, -0.15) is 0 Å². The Balaban J connectivity index is 4.74. The molecule has 105 heavy (non-hydrogen) atoms. The first-order valence-corrected chi connectivity index (χ1v) is 42.7. The summed E-state index contributed by atoms with van der Waals surface area (Å²) in [6.07, 6.45) is 102. The first-order valence-electron chi connectivity index (χ1n) is 39.7. The molecule has 4 N–H and O–H groups in total. The van der Waals surface area contributed by atoms with E-state index < -0.39 is 91.5 Å². The van der Waals surface area contributed by atoms with Gasteiger partial charge in [0.05, 0.1) is 26.4 Å². The molecule has 0 heterocycles. The molecule has 0 rings (SSSR count). The molecule has 0 saturated heterocycles. The Bertz CT molecular complexity index is 2690. The number of ether oxygens (including phenoxy) is 3. The zero-order valence-electron chi connectivity index (χ0n) is 64.8. The molecule has 0 aliphatic heterocycles. The molecule has 0 amide bonds. The molecular formula is C87H140O16P2. The lowest BCUT2D eigenvalue weighted by Gasteiger charge is -2.21. The van der Waals surface area contributed by atoms with Crippen molar-refractivity contribution in [3.05, 3.63) is 194 Å². The lowest BCUT2D eigenvalue weighted by molar-refractivity contribution is -0.161. The molecule has 16 nitrogen and oxygen atoms in total. The van der Waals surface area contributed by atoms with E-state index in [1.54, 1.807) is 0 Å². The molecule has 594 valence electrons. The normalized spacial score (nSPS) is 15.0. The van der Waals surface area contributed by atoms with Crippen LogP contribution in [0.3, 0.4) is 0 Å². The third kappa shape index (κ3) is 79.3. The maximum Gasteiger partial charge on any atom is 0.472 e. The van der Waals surface area contributed by atoms with Crippen LogP contribution in [0.1, 0.15) is 278 Å². The molecular weight excluding hydrogens is 1360 g/mol. The molecule has 0 aliphatic rings. The molecule has 18 heteroatoms. The Kier molecular flexibility index (Phi) is 73.8. The van der Waals surface area contributed by atoms with Crippen LogP contribution in [0.15, 0.2) is 194 Å². The summed E-state index contributed by atoms with van der Waals surface area (Å²) >= 11 is 0. The summed E-state index contributed by atoms with van der Waals surface area (Å²) < 4.78 is 61.2. The van der Waals surface area contributed by atoms with E-state index in [0.717, 1.165) is 193 Å². The van der Waals surface area contributed by atoms with Gasteiger partial charge >= 0.3 is 33.6 Å². The highest BCUT2D eigenvalue weighted by atomic mass is 31.2. The SMILES string of the molecule is CC/C=C\C/C=C\C/C=C\C/C=C\C/C=C\C/C=C\CCCCCCCCC(=O)OCC(O)COP(=O)(O)OCC(O)COP(=O)(O)OCC(COC(=O)CCCCCCCCCCC/C=C\C/C=C\C/C=C\C/C=C\C/C=C\CC)OC(=O)CCCCC/C=C\C/C=C\C/C=C\C/C=C\C/C=C\CC. The third-order valence-electron chi connectivity index (χ3n) is 15.8.